The second-order valence-corrected chi connectivity index (χ2v) is 7.00. The lowest BCUT2D eigenvalue weighted by Gasteiger charge is -2.10. The molecule has 0 atom stereocenters. The Morgan fingerprint density at radius 1 is 0.963 bits per heavy atom. The fourth-order valence-corrected chi connectivity index (χ4v) is 3.51. The van der Waals surface area contributed by atoms with Gasteiger partial charge >= 0.3 is 0 Å². The van der Waals surface area contributed by atoms with Crippen LogP contribution in [0, 0.1) is 0 Å². The monoisotopic (exact) mass is 361 g/mol. The van der Waals surface area contributed by atoms with E-state index in [1.807, 2.05) is 30.3 Å². The molecule has 1 aliphatic carbocycles. The first-order chi connectivity index (χ1) is 13.3. The van der Waals surface area contributed by atoms with Gasteiger partial charge in [0.05, 0.1) is 0 Å². The molecule has 5 nitrogen and oxygen atoms in total. The Kier molecular flexibility index (Phi) is 5.28. The number of hydrogen-bond donors (Lipinski definition) is 1. The standard InChI is InChI=1S/C22H23N3O2/c26-20(23-19-8-4-5-9-19)14-15-21-24-22(25-27-21)18-12-10-17(11-13-18)16-6-2-1-3-7-16/h1-3,6-7,10-13,19H,4-5,8-9,14-15H2,(H,23,26). The minimum atomic E-state index is 0.0638. The van der Waals surface area contributed by atoms with Gasteiger partial charge in [-0.1, -0.05) is 72.6 Å². The molecule has 27 heavy (non-hydrogen) atoms. The van der Waals surface area contributed by atoms with Crippen molar-refractivity contribution in [2.24, 2.45) is 0 Å². The van der Waals surface area contributed by atoms with Crippen molar-refractivity contribution in [2.45, 2.75) is 44.6 Å². The van der Waals surface area contributed by atoms with Crippen LogP contribution in [0.4, 0.5) is 0 Å². The fraction of sp³-hybridized carbons (Fsp3) is 0.318. The molecule has 2 aromatic carbocycles. The van der Waals surface area contributed by atoms with Crippen LogP contribution in [-0.2, 0) is 11.2 Å². The van der Waals surface area contributed by atoms with E-state index >= 15 is 0 Å². The zero-order valence-corrected chi connectivity index (χ0v) is 15.2. The number of benzene rings is 2. The third kappa shape index (κ3) is 4.42. The van der Waals surface area contributed by atoms with Gasteiger partial charge in [0.2, 0.25) is 17.6 Å². The highest BCUT2D eigenvalue weighted by Gasteiger charge is 2.17. The number of nitrogens with zero attached hydrogens (tertiary/aromatic N) is 2. The quantitative estimate of drug-likeness (QED) is 0.707. The Morgan fingerprint density at radius 2 is 1.63 bits per heavy atom. The number of aromatic nitrogens is 2. The summed E-state index contributed by atoms with van der Waals surface area (Å²) in [6.45, 7) is 0. The largest absolute Gasteiger partial charge is 0.353 e. The van der Waals surface area contributed by atoms with Crippen LogP contribution in [0.25, 0.3) is 22.5 Å². The third-order valence-electron chi connectivity index (χ3n) is 5.00. The molecule has 1 aliphatic rings. The summed E-state index contributed by atoms with van der Waals surface area (Å²) < 4.78 is 5.31. The number of carbonyl (C=O) groups is 1. The maximum Gasteiger partial charge on any atom is 0.227 e. The second-order valence-electron chi connectivity index (χ2n) is 7.00. The molecule has 1 amide bonds. The first-order valence-electron chi connectivity index (χ1n) is 9.56. The van der Waals surface area contributed by atoms with E-state index in [1.54, 1.807) is 0 Å². The van der Waals surface area contributed by atoms with Crippen molar-refractivity contribution in [1.29, 1.82) is 0 Å². The highest BCUT2D eigenvalue weighted by Crippen LogP contribution is 2.23. The highest BCUT2D eigenvalue weighted by molar-refractivity contribution is 5.76. The van der Waals surface area contributed by atoms with Gasteiger partial charge in [0, 0.05) is 24.4 Å². The van der Waals surface area contributed by atoms with Crippen LogP contribution in [0.2, 0.25) is 0 Å². The van der Waals surface area contributed by atoms with E-state index in [-0.39, 0.29) is 5.91 Å². The van der Waals surface area contributed by atoms with Gasteiger partial charge in [-0.15, -0.1) is 0 Å². The molecule has 0 aliphatic heterocycles. The zero-order chi connectivity index (χ0) is 18.5. The molecule has 0 bridgehead atoms. The predicted molar refractivity (Wildman–Crippen MR) is 104 cm³/mol. The summed E-state index contributed by atoms with van der Waals surface area (Å²) in [6, 6.07) is 18.6. The van der Waals surface area contributed by atoms with E-state index in [1.165, 1.54) is 18.4 Å². The van der Waals surface area contributed by atoms with E-state index in [4.69, 9.17) is 4.52 Å². The molecular weight excluding hydrogens is 338 g/mol. The first kappa shape index (κ1) is 17.5. The molecule has 0 saturated heterocycles. The third-order valence-corrected chi connectivity index (χ3v) is 5.00. The van der Waals surface area contributed by atoms with Crippen molar-refractivity contribution in [2.75, 3.05) is 0 Å². The second kappa shape index (κ2) is 8.16. The van der Waals surface area contributed by atoms with Gasteiger partial charge in [0.15, 0.2) is 0 Å². The molecule has 0 spiro atoms. The van der Waals surface area contributed by atoms with Crippen molar-refractivity contribution in [3.8, 4) is 22.5 Å². The van der Waals surface area contributed by atoms with Crippen LogP contribution in [0.15, 0.2) is 59.1 Å². The molecule has 5 heteroatoms. The SMILES string of the molecule is O=C(CCc1nc(-c2ccc(-c3ccccc3)cc2)no1)NC1CCCC1. The van der Waals surface area contributed by atoms with E-state index in [9.17, 15) is 4.79 Å². The van der Waals surface area contributed by atoms with Gasteiger partial charge in [-0.2, -0.15) is 4.98 Å². The van der Waals surface area contributed by atoms with Crippen molar-refractivity contribution in [1.82, 2.24) is 15.5 Å². The van der Waals surface area contributed by atoms with Crippen molar-refractivity contribution in [3.63, 3.8) is 0 Å². The zero-order valence-electron chi connectivity index (χ0n) is 15.2. The van der Waals surface area contributed by atoms with E-state index < -0.39 is 0 Å². The molecule has 1 aromatic heterocycles. The molecule has 1 fully saturated rings. The topological polar surface area (TPSA) is 68.0 Å². The summed E-state index contributed by atoms with van der Waals surface area (Å²) >= 11 is 0. The Bertz CT molecular complexity index is 881. The van der Waals surface area contributed by atoms with Gasteiger partial charge in [-0.25, -0.2) is 0 Å². The number of rotatable bonds is 6. The van der Waals surface area contributed by atoms with Crippen molar-refractivity contribution >= 4 is 5.91 Å². The van der Waals surface area contributed by atoms with E-state index in [0.717, 1.165) is 24.0 Å². The fourth-order valence-electron chi connectivity index (χ4n) is 3.51. The van der Waals surface area contributed by atoms with Crippen LogP contribution in [0.5, 0.6) is 0 Å². The lowest BCUT2D eigenvalue weighted by Crippen LogP contribution is -2.32. The summed E-state index contributed by atoms with van der Waals surface area (Å²) in [5, 5.41) is 7.13. The van der Waals surface area contributed by atoms with Gasteiger partial charge in [0.25, 0.3) is 0 Å². The highest BCUT2D eigenvalue weighted by atomic mass is 16.5. The number of amides is 1. The maximum atomic E-state index is 12.0. The lowest BCUT2D eigenvalue weighted by molar-refractivity contribution is -0.121. The number of carbonyl (C=O) groups excluding carboxylic acids is 1. The molecule has 1 N–H and O–H groups in total. The van der Waals surface area contributed by atoms with Crippen molar-refractivity contribution in [3.05, 3.63) is 60.5 Å². The van der Waals surface area contributed by atoms with Gasteiger partial charge in [-0.3, -0.25) is 4.79 Å². The van der Waals surface area contributed by atoms with Gasteiger partial charge in [0.1, 0.15) is 0 Å². The lowest BCUT2D eigenvalue weighted by atomic mass is 10.0. The Hall–Kier alpha value is -2.95. The minimum absolute atomic E-state index is 0.0638. The summed E-state index contributed by atoms with van der Waals surface area (Å²) in [5.74, 6) is 1.12. The molecule has 138 valence electrons. The van der Waals surface area contributed by atoms with Gasteiger partial charge < -0.3 is 9.84 Å². The molecule has 1 heterocycles. The Labute approximate surface area is 158 Å². The molecular formula is C22H23N3O2. The van der Waals surface area contributed by atoms with Crippen LogP contribution in [-0.4, -0.2) is 22.1 Å². The normalized spacial score (nSPS) is 14.4. The summed E-state index contributed by atoms with van der Waals surface area (Å²) in [4.78, 5) is 16.4. The molecule has 3 aromatic rings. The summed E-state index contributed by atoms with van der Waals surface area (Å²) in [5.41, 5.74) is 3.22. The van der Waals surface area contributed by atoms with Gasteiger partial charge in [-0.05, 0) is 24.0 Å². The van der Waals surface area contributed by atoms with E-state index in [2.05, 4.69) is 39.7 Å². The molecule has 4 rings (SSSR count). The smallest absolute Gasteiger partial charge is 0.227 e. The van der Waals surface area contributed by atoms with Crippen molar-refractivity contribution < 1.29 is 9.32 Å². The number of nitrogens with one attached hydrogen (secondary N) is 1. The summed E-state index contributed by atoms with van der Waals surface area (Å²) in [7, 11) is 0. The average Bonchev–Trinajstić information content (AvgIpc) is 3.39. The number of hydrogen-bond acceptors (Lipinski definition) is 4. The van der Waals surface area contributed by atoms with Crippen LogP contribution in [0.3, 0.4) is 0 Å². The van der Waals surface area contributed by atoms with Crippen LogP contribution >= 0.6 is 0 Å². The Balaban J connectivity index is 1.35. The molecule has 1 saturated carbocycles. The average molecular weight is 361 g/mol. The van der Waals surface area contributed by atoms with Crippen LogP contribution in [0.1, 0.15) is 38.0 Å². The first-order valence-corrected chi connectivity index (χ1v) is 9.56. The Morgan fingerprint density at radius 3 is 2.37 bits per heavy atom. The molecule has 0 radical (unpaired) electrons. The minimum Gasteiger partial charge on any atom is -0.353 e. The number of aryl methyl sites for hydroxylation is 1. The molecule has 0 unspecified atom stereocenters. The van der Waals surface area contributed by atoms with E-state index in [0.29, 0.717) is 30.6 Å². The maximum absolute atomic E-state index is 12.0. The van der Waals surface area contributed by atoms with Crippen LogP contribution < -0.4 is 5.32 Å². The summed E-state index contributed by atoms with van der Waals surface area (Å²) in [6.07, 6.45) is 5.45. The predicted octanol–water partition coefficient (Wildman–Crippen LogP) is 4.40.